The van der Waals surface area contributed by atoms with Gasteiger partial charge < -0.3 is 70.6 Å². The van der Waals surface area contributed by atoms with E-state index in [1.165, 1.54) is 9.58 Å². The van der Waals surface area contributed by atoms with E-state index in [1.54, 1.807) is 44.2 Å². The van der Waals surface area contributed by atoms with Crippen molar-refractivity contribution in [2.75, 3.05) is 85.8 Å². The number of carbonyl (C=O) groups excluding carboxylic acids is 6. The second-order valence-electron chi connectivity index (χ2n) is 21.6. The number of nitrogens with two attached hydrogens (primary N) is 1. The monoisotopic (exact) mass is 1130 g/mol. The van der Waals surface area contributed by atoms with E-state index in [1.807, 2.05) is 84.0 Å². The predicted molar refractivity (Wildman–Crippen MR) is 307 cm³/mol. The summed E-state index contributed by atoms with van der Waals surface area (Å²) in [5.41, 5.74) is 10.2. The van der Waals surface area contributed by atoms with Gasteiger partial charge in [0.1, 0.15) is 30.4 Å². The van der Waals surface area contributed by atoms with E-state index in [4.69, 9.17) is 41.1 Å². The topological polar surface area (TPSA) is 276 Å². The fourth-order valence-corrected chi connectivity index (χ4v) is 9.63. The molecule has 444 valence electrons. The summed E-state index contributed by atoms with van der Waals surface area (Å²) in [5.74, 6) is -1.15. The van der Waals surface area contributed by atoms with Crippen LogP contribution in [0, 0.1) is 18.9 Å². The quantitative estimate of drug-likeness (QED) is 0.0353. The second kappa shape index (κ2) is 30.5. The van der Waals surface area contributed by atoms with Gasteiger partial charge in [-0.05, 0) is 69.3 Å². The first-order chi connectivity index (χ1) is 39.2. The molecule has 2 aliphatic rings. The fraction of sp³-hybridized carbons (Fsp3) is 0.542. The molecule has 2 aromatic heterocycles. The minimum atomic E-state index is -0.934. The molecular weight excluding hydrogens is 1050 g/mol. The summed E-state index contributed by atoms with van der Waals surface area (Å²) in [6.07, 6.45) is 2.01. The van der Waals surface area contributed by atoms with Crippen molar-refractivity contribution in [3.8, 4) is 16.9 Å². The van der Waals surface area contributed by atoms with Crippen LogP contribution < -0.4 is 37.1 Å². The van der Waals surface area contributed by atoms with Gasteiger partial charge in [0.15, 0.2) is 11.6 Å². The maximum Gasteiger partial charge on any atom is 0.260 e. The maximum atomic E-state index is 14.3. The van der Waals surface area contributed by atoms with E-state index in [-0.39, 0.29) is 132 Å². The molecule has 23 nitrogen and oxygen atoms in total. The zero-order chi connectivity index (χ0) is 59.5. The zero-order valence-electron chi connectivity index (χ0n) is 48.8. The maximum absolute atomic E-state index is 14.3. The molecule has 6 rings (SSSR count). The number of benzene rings is 2. The average Bonchev–Trinajstić information content (AvgIpc) is 4.17. The van der Waals surface area contributed by atoms with Crippen LogP contribution in [0.1, 0.15) is 112 Å². The number of anilines is 1. The summed E-state index contributed by atoms with van der Waals surface area (Å²) in [6.45, 7) is 23.7. The summed E-state index contributed by atoms with van der Waals surface area (Å²) in [5, 5.41) is 19.5. The van der Waals surface area contributed by atoms with Crippen LogP contribution in [0.25, 0.3) is 16.0 Å². The number of fused-ring (bicyclic) bond motifs is 5. The molecule has 2 bridgehead atoms. The van der Waals surface area contributed by atoms with Crippen molar-refractivity contribution in [2.45, 2.75) is 124 Å². The van der Waals surface area contributed by atoms with Gasteiger partial charge >= 0.3 is 0 Å². The summed E-state index contributed by atoms with van der Waals surface area (Å²) in [4.78, 5) is 92.3. The Labute approximate surface area is 480 Å². The van der Waals surface area contributed by atoms with E-state index in [2.05, 4.69) is 36.4 Å². The van der Waals surface area contributed by atoms with E-state index in [9.17, 15) is 28.8 Å². The number of ether oxygens (including phenoxy) is 5. The molecule has 0 spiro atoms. The summed E-state index contributed by atoms with van der Waals surface area (Å²) >= 11 is 0. The lowest BCUT2D eigenvalue weighted by Crippen LogP contribution is -2.59. The summed E-state index contributed by atoms with van der Waals surface area (Å²) in [6, 6.07) is 13.7. The largest absolute Gasteiger partial charge is 0.482 e. The summed E-state index contributed by atoms with van der Waals surface area (Å²) in [7, 11) is 3.34. The number of carbonyl (C=O) groups is 6. The van der Waals surface area contributed by atoms with Crippen molar-refractivity contribution in [3.63, 3.8) is 0 Å². The van der Waals surface area contributed by atoms with Gasteiger partial charge in [-0.2, -0.15) is 4.68 Å². The van der Waals surface area contributed by atoms with E-state index < -0.39 is 41.6 Å². The molecule has 2 aromatic carbocycles. The molecule has 7 N–H and O–H groups in total. The Morgan fingerprint density at radius 3 is 2.18 bits per heavy atom. The molecule has 23 heteroatoms. The highest BCUT2D eigenvalue weighted by Crippen LogP contribution is 2.39. The smallest absolute Gasteiger partial charge is 0.260 e. The second-order valence-corrected chi connectivity index (χ2v) is 21.6. The van der Waals surface area contributed by atoms with Crippen molar-refractivity contribution in [3.05, 3.63) is 100 Å². The minimum Gasteiger partial charge on any atom is -0.482 e. The first-order valence-corrected chi connectivity index (χ1v) is 28.0. The number of hydrogen-bond acceptors (Lipinski definition) is 15. The molecular formula is C59H82N12O11. The Balaban J connectivity index is 0.860. The molecule has 0 radical (unpaired) electrons. The number of nitrogens with zero attached hydrogens (tertiary/aromatic N) is 6. The Morgan fingerprint density at radius 2 is 1.56 bits per heavy atom. The number of likely N-dealkylation sites (tertiary alicyclic amines) is 1. The molecule has 2 aliphatic heterocycles. The highest BCUT2D eigenvalue weighted by Gasteiger charge is 2.46. The molecule has 1 saturated heterocycles. The van der Waals surface area contributed by atoms with Crippen LogP contribution in [0.5, 0.6) is 5.75 Å². The van der Waals surface area contributed by atoms with Crippen LogP contribution in [0.3, 0.4) is 0 Å². The SMILES string of the molecule is [C-]#[N+]c1c2c(nn1CCNC(=O)CCOCCOCCOCCOCCC(=O)N[C@H]1C[C@@H](C(=O)N[C@H](CC)c3ccccc3)N(C(=O)[C@@H](NC(=O)[C@H](C)NC)C(C)(C)C)C1)CN(C)C(=O)c1ccc(C)cc1[C@@H](C)Oc1cc-2cnc1N. The molecule has 1 fully saturated rings. The normalized spacial score (nSPS) is 17.2. The van der Waals surface area contributed by atoms with Gasteiger partial charge in [-0.25, -0.2) is 4.98 Å². The molecule has 4 heterocycles. The zero-order valence-corrected chi connectivity index (χ0v) is 48.8. The number of likely N-dealkylation sites (N-methyl/N-ethyl adjacent to an activating group) is 1. The number of pyridine rings is 1. The lowest BCUT2D eigenvalue weighted by molar-refractivity contribution is -0.144. The number of hydrogen-bond donors (Lipinski definition) is 6. The van der Waals surface area contributed by atoms with Gasteiger partial charge in [0.25, 0.3) is 11.7 Å². The van der Waals surface area contributed by atoms with Gasteiger partial charge in [-0.1, -0.05) is 82.3 Å². The van der Waals surface area contributed by atoms with E-state index >= 15 is 0 Å². The highest BCUT2D eigenvalue weighted by atomic mass is 16.6. The van der Waals surface area contributed by atoms with Crippen LogP contribution in [0.15, 0.2) is 60.8 Å². The lowest BCUT2D eigenvalue weighted by Gasteiger charge is -2.36. The van der Waals surface area contributed by atoms with Crippen LogP contribution in [0.4, 0.5) is 11.6 Å². The average molecular weight is 1140 g/mol. The number of aryl methyl sites for hydroxylation is 1. The Kier molecular flexibility index (Phi) is 23.7. The van der Waals surface area contributed by atoms with Crippen molar-refractivity contribution in [1.29, 1.82) is 0 Å². The molecule has 6 amide bonds. The van der Waals surface area contributed by atoms with Crippen molar-refractivity contribution in [1.82, 2.24) is 51.1 Å². The van der Waals surface area contributed by atoms with Crippen molar-refractivity contribution < 1.29 is 52.5 Å². The number of nitrogens with one attached hydrogen (secondary N) is 5. The van der Waals surface area contributed by atoms with Gasteiger partial charge in [0, 0.05) is 55.4 Å². The van der Waals surface area contributed by atoms with Gasteiger partial charge in [0.2, 0.25) is 29.5 Å². The fourth-order valence-electron chi connectivity index (χ4n) is 9.63. The Bertz CT molecular complexity index is 2870. The van der Waals surface area contributed by atoms with Crippen molar-refractivity contribution in [2.24, 2.45) is 5.41 Å². The molecule has 82 heavy (non-hydrogen) atoms. The lowest BCUT2D eigenvalue weighted by atomic mass is 9.85. The minimum absolute atomic E-state index is 0.0538. The highest BCUT2D eigenvalue weighted by molar-refractivity contribution is 5.96. The third kappa shape index (κ3) is 17.5. The van der Waals surface area contributed by atoms with Gasteiger partial charge in [-0.15, -0.1) is 5.10 Å². The number of nitrogen functional groups attached to an aromatic ring is 1. The predicted octanol–water partition coefficient (Wildman–Crippen LogP) is 4.57. The molecule has 0 aliphatic carbocycles. The van der Waals surface area contributed by atoms with Crippen LogP contribution in [-0.2, 0) is 56.0 Å². The Morgan fingerprint density at radius 1 is 0.915 bits per heavy atom. The number of amides is 6. The molecule has 4 aromatic rings. The Hall–Kier alpha value is -7.49. The van der Waals surface area contributed by atoms with E-state index in [0.717, 1.165) is 11.1 Å². The molecule has 0 saturated carbocycles. The first kappa shape index (κ1) is 63.7. The van der Waals surface area contributed by atoms with Crippen molar-refractivity contribution >= 4 is 47.1 Å². The number of rotatable bonds is 27. The van der Waals surface area contributed by atoms with Crippen LogP contribution in [0.2, 0.25) is 0 Å². The van der Waals surface area contributed by atoms with E-state index in [0.29, 0.717) is 53.3 Å². The third-order valence-electron chi connectivity index (χ3n) is 14.3. The molecule has 6 atom stereocenters. The van der Waals surface area contributed by atoms with Gasteiger partial charge in [-0.3, -0.25) is 28.8 Å². The summed E-state index contributed by atoms with van der Waals surface area (Å²) < 4.78 is 30.3. The van der Waals surface area contributed by atoms with Gasteiger partial charge in [0.05, 0.1) is 78.0 Å². The standard InChI is InChI=1S/C59H82N12O11/c1-11-45(40-15-13-12-14-16-40)66-56(75)47-33-42(35-70(47)58(77)52(59(5,6)7)67-55(74)38(3)61-8)65-50(73)20-24-79-26-28-81-30-29-80-27-25-78-23-19-49(72)63-21-22-71-54(62-9)51-41-32-48(53(60)64-34-41)82-39(4)44-31-37(2)17-18-43(44)57(76)69(10)36-46(51)68-71/h12-18,31-32,34,38-39,42,45,47,52,61H,11,19-30,33,35-36H2,1-8,10H3,(H2,60,64)(H,63,72)(H,65,73)(H,66,75)(H,67,74)/t38-,39+,42-,45+,47-,52+/m0/s1. The molecule has 0 unspecified atom stereocenters. The number of aromatic nitrogens is 3. The van der Waals surface area contributed by atoms with Crippen LogP contribution in [-0.4, -0.2) is 164 Å². The first-order valence-electron chi connectivity index (χ1n) is 28.0. The van der Waals surface area contributed by atoms with Crippen LogP contribution >= 0.6 is 0 Å². The third-order valence-corrected chi connectivity index (χ3v) is 14.3.